The fourth-order valence-electron chi connectivity index (χ4n) is 1.86. The monoisotopic (exact) mass is 383 g/mol. The Morgan fingerprint density at radius 3 is 2.38 bits per heavy atom. The van der Waals surface area contributed by atoms with Crippen LogP contribution in [-0.2, 0) is 14.3 Å². The predicted octanol–water partition coefficient (Wildman–Crippen LogP) is 4.34. The van der Waals surface area contributed by atoms with Gasteiger partial charge in [0.1, 0.15) is 0 Å². The van der Waals surface area contributed by atoms with Crippen molar-refractivity contribution < 1.29 is 27.5 Å². The van der Waals surface area contributed by atoms with Crippen LogP contribution in [0.2, 0.25) is 5.02 Å². The highest BCUT2D eigenvalue weighted by Crippen LogP contribution is 2.20. The fourth-order valence-corrected chi connectivity index (χ4v) is 1.99. The van der Waals surface area contributed by atoms with Crippen LogP contribution in [0.1, 0.15) is 12.5 Å². The van der Waals surface area contributed by atoms with Gasteiger partial charge >= 0.3 is 5.97 Å². The van der Waals surface area contributed by atoms with Crippen molar-refractivity contribution in [2.75, 3.05) is 5.32 Å². The number of ether oxygens (including phenoxy) is 1. The first-order chi connectivity index (χ1) is 12.3. The number of rotatable bonds is 5. The molecule has 0 saturated heterocycles. The van der Waals surface area contributed by atoms with Crippen molar-refractivity contribution in [2.24, 2.45) is 0 Å². The molecule has 2 rings (SSSR count). The first-order valence-electron chi connectivity index (χ1n) is 7.36. The number of nitrogens with one attached hydrogen (secondary N) is 1. The number of amides is 1. The van der Waals surface area contributed by atoms with Gasteiger partial charge in [-0.2, -0.15) is 0 Å². The van der Waals surface area contributed by atoms with E-state index in [4.69, 9.17) is 16.3 Å². The molecule has 0 radical (unpaired) electrons. The molecule has 0 bridgehead atoms. The molecular formula is C18H13ClF3NO3. The molecule has 136 valence electrons. The lowest BCUT2D eigenvalue weighted by atomic mass is 10.2. The van der Waals surface area contributed by atoms with Gasteiger partial charge in [-0.25, -0.2) is 18.0 Å². The summed E-state index contributed by atoms with van der Waals surface area (Å²) >= 11 is 5.74. The van der Waals surface area contributed by atoms with Crippen LogP contribution in [-0.4, -0.2) is 18.0 Å². The Kier molecular flexibility index (Phi) is 6.41. The molecule has 0 aliphatic rings. The minimum absolute atomic E-state index is 0.541. The van der Waals surface area contributed by atoms with E-state index >= 15 is 0 Å². The lowest BCUT2D eigenvalue weighted by molar-refractivity contribution is -0.148. The third kappa shape index (κ3) is 5.10. The van der Waals surface area contributed by atoms with Crippen LogP contribution >= 0.6 is 11.6 Å². The van der Waals surface area contributed by atoms with Crippen LogP contribution < -0.4 is 5.32 Å². The van der Waals surface area contributed by atoms with Gasteiger partial charge in [-0.1, -0.05) is 23.7 Å². The third-order valence-electron chi connectivity index (χ3n) is 3.24. The summed E-state index contributed by atoms with van der Waals surface area (Å²) in [6.07, 6.45) is 1.27. The number of benzene rings is 2. The van der Waals surface area contributed by atoms with Crippen LogP contribution in [0, 0.1) is 17.5 Å². The maximum atomic E-state index is 13.5. The Labute approximate surface area is 152 Å². The quantitative estimate of drug-likeness (QED) is 0.474. The van der Waals surface area contributed by atoms with Gasteiger partial charge in [0.15, 0.2) is 23.6 Å². The summed E-state index contributed by atoms with van der Waals surface area (Å²) < 4.78 is 44.4. The smallest absolute Gasteiger partial charge is 0.331 e. The van der Waals surface area contributed by atoms with Gasteiger partial charge in [0, 0.05) is 11.1 Å². The molecule has 0 spiro atoms. The second-order valence-electron chi connectivity index (χ2n) is 5.18. The second kappa shape index (κ2) is 8.53. The topological polar surface area (TPSA) is 55.4 Å². The van der Waals surface area contributed by atoms with E-state index in [9.17, 15) is 22.8 Å². The van der Waals surface area contributed by atoms with Crippen molar-refractivity contribution in [2.45, 2.75) is 13.0 Å². The molecule has 2 aromatic rings. The minimum Gasteiger partial charge on any atom is -0.449 e. The Bertz CT molecular complexity index is 854. The van der Waals surface area contributed by atoms with Gasteiger partial charge in [0.25, 0.3) is 5.91 Å². The highest BCUT2D eigenvalue weighted by molar-refractivity contribution is 6.30. The van der Waals surface area contributed by atoms with Gasteiger partial charge in [0.2, 0.25) is 0 Å². The molecule has 0 aliphatic carbocycles. The summed E-state index contributed by atoms with van der Waals surface area (Å²) in [4.78, 5) is 23.6. The van der Waals surface area contributed by atoms with Crippen LogP contribution in [0.5, 0.6) is 0 Å². The van der Waals surface area contributed by atoms with Crippen molar-refractivity contribution >= 4 is 35.2 Å². The Balaban J connectivity index is 1.95. The molecule has 26 heavy (non-hydrogen) atoms. The molecule has 0 fully saturated rings. The zero-order chi connectivity index (χ0) is 19.3. The van der Waals surface area contributed by atoms with E-state index in [-0.39, 0.29) is 0 Å². The predicted molar refractivity (Wildman–Crippen MR) is 91.0 cm³/mol. The zero-order valence-electron chi connectivity index (χ0n) is 13.4. The molecule has 0 aliphatic heterocycles. The average Bonchev–Trinajstić information content (AvgIpc) is 2.61. The Morgan fingerprint density at radius 1 is 1.08 bits per heavy atom. The van der Waals surface area contributed by atoms with Crippen LogP contribution in [0.4, 0.5) is 18.9 Å². The summed E-state index contributed by atoms with van der Waals surface area (Å²) in [5, 5.41) is 2.57. The van der Waals surface area contributed by atoms with Gasteiger partial charge in [-0.15, -0.1) is 0 Å². The number of hydrogen-bond acceptors (Lipinski definition) is 3. The van der Waals surface area contributed by atoms with Gasteiger partial charge in [-0.3, -0.25) is 4.79 Å². The summed E-state index contributed by atoms with van der Waals surface area (Å²) in [7, 11) is 0. The van der Waals surface area contributed by atoms with Crippen molar-refractivity contribution in [1.82, 2.24) is 0 Å². The second-order valence-corrected chi connectivity index (χ2v) is 5.61. The van der Waals surface area contributed by atoms with Crippen molar-refractivity contribution in [3.63, 3.8) is 0 Å². The number of carbonyl (C=O) groups is 2. The number of hydrogen-bond donors (Lipinski definition) is 1. The Hall–Kier alpha value is -2.80. The summed E-state index contributed by atoms with van der Waals surface area (Å²) in [5.41, 5.74) is 0.126. The van der Waals surface area contributed by atoms with Gasteiger partial charge in [0.05, 0.1) is 5.69 Å². The SMILES string of the molecule is C[C@H](OC(=O)/C=C/c1ccc(Cl)cc1)C(=O)Nc1ccc(F)c(F)c1F. The van der Waals surface area contributed by atoms with E-state index in [1.54, 1.807) is 24.3 Å². The molecule has 1 amide bonds. The number of carbonyl (C=O) groups excluding carboxylic acids is 2. The van der Waals surface area contributed by atoms with E-state index in [0.29, 0.717) is 16.7 Å². The van der Waals surface area contributed by atoms with E-state index in [2.05, 4.69) is 0 Å². The molecule has 1 N–H and O–H groups in total. The number of halogens is 4. The molecule has 4 nitrogen and oxygen atoms in total. The number of esters is 1. The third-order valence-corrected chi connectivity index (χ3v) is 3.49. The highest BCUT2D eigenvalue weighted by Gasteiger charge is 2.20. The molecule has 2 aromatic carbocycles. The van der Waals surface area contributed by atoms with E-state index in [0.717, 1.165) is 12.1 Å². The first kappa shape index (κ1) is 19.5. The van der Waals surface area contributed by atoms with Crippen molar-refractivity contribution in [3.8, 4) is 0 Å². The minimum atomic E-state index is -1.71. The lowest BCUT2D eigenvalue weighted by Crippen LogP contribution is -2.29. The fraction of sp³-hybridized carbons (Fsp3) is 0.111. The molecule has 0 saturated carbocycles. The molecular weight excluding hydrogens is 371 g/mol. The molecule has 0 unspecified atom stereocenters. The van der Waals surface area contributed by atoms with E-state index in [1.165, 1.54) is 13.0 Å². The summed E-state index contributed by atoms with van der Waals surface area (Å²) in [6, 6.07) is 8.15. The van der Waals surface area contributed by atoms with Crippen molar-refractivity contribution in [1.29, 1.82) is 0 Å². The maximum Gasteiger partial charge on any atom is 0.331 e. The summed E-state index contributed by atoms with van der Waals surface area (Å²) in [6.45, 7) is 1.25. The molecule has 1 atom stereocenters. The standard InChI is InChI=1S/C18H13ClF3NO3/c1-10(18(25)23-14-8-7-13(20)16(21)17(14)22)26-15(24)9-4-11-2-5-12(19)6-3-11/h2-10H,1H3,(H,23,25)/b9-4+/t10-/m0/s1. The lowest BCUT2D eigenvalue weighted by Gasteiger charge is -2.13. The first-order valence-corrected chi connectivity index (χ1v) is 7.74. The largest absolute Gasteiger partial charge is 0.449 e. The van der Waals surface area contributed by atoms with Crippen LogP contribution in [0.15, 0.2) is 42.5 Å². The van der Waals surface area contributed by atoms with Gasteiger partial charge < -0.3 is 10.1 Å². The van der Waals surface area contributed by atoms with E-state index < -0.39 is 41.1 Å². The van der Waals surface area contributed by atoms with E-state index in [1.807, 2.05) is 5.32 Å². The number of anilines is 1. The van der Waals surface area contributed by atoms with Gasteiger partial charge in [-0.05, 0) is 42.8 Å². The average molecular weight is 384 g/mol. The summed E-state index contributed by atoms with van der Waals surface area (Å²) in [5.74, 6) is -6.35. The highest BCUT2D eigenvalue weighted by atomic mass is 35.5. The van der Waals surface area contributed by atoms with Crippen LogP contribution in [0.25, 0.3) is 6.08 Å². The Morgan fingerprint density at radius 2 is 1.73 bits per heavy atom. The molecule has 0 aromatic heterocycles. The van der Waals surface area contributed by atoms with Crippen molar-refractivity contribution in [3.05, 3.63) is 70.5 Å². The van der Waals surface area contributed by atoms with Crippen LogP contribution in [0.3, 0.4) is 0 Å². The normalized spacial score (nSPS) is 12.0. The molecule has 0 heterocycles. The molecule has 8 heteroatoms. The maximum absolute atomic E-state index is 13.5. The zero-order valence-corrected chi connectivity index (χ0v) is 14.2.